The third kappa shape index (κ3) is 3.94. The van der Waals surface area contributed by atoms with Gasteiger partial charge in [0.1, 0.15) is 0 Å². The van der Waals surface area contributed by atoms with Gasteiger partial charge in [0.25, 0.3) is 0 Å². The van der Waals surface area contributed by atoms with Gasteiger partial charge in [0.15, 0.2) is 0 Å². The summed E-state index contributed by atoms with van der Waals surface area (Å²) in [5, 5.41) is 3.49. The van der Waals surface area contributed by atoms with Crippen molar-refractivity contribution in [3.8, 4) is 0 Å². The van der Waals surface area contributed by atoms with Crippen LogP contribution in [0.2, 0.25) is 0 Å². The molecule has 0 unspecified atom stereocenters. The van der Waals surface area contributed by atoms with E-state index in [0.29, 0.717) is 6.42 Å². The molecule has 0 aromatic heterocycles. The first-order chi connectivity index (χ1) is 10.4. The van der Waals surface area contributed by atoms with Crippen LogP contribution in [-0.2, 0) is 11.2 Å². The van der Waals surface area contributed by atoms with Crippen LogP contribution in [0.3, 0.4) is 0 Å². The molecular weight excluding hydrogens is 337 g/mol. The number of carbonyl (C=O) groups excluding carboxylic acids is 1. The SMILES string of the molecule is CC(=O)Cc1ccccc1C(=[Se])Nc1c(C)cc(C)cc1C. The van der Waals surface area contributed by atoms with Crippen molar-refractivity contribution in [1.82, 2.24) is 0 Å². The molecule has 2 rings (SSSR count). The minimum atomic E-state index is 0.169. The van der Waals surface area contributed by atoms with Crippen LogP contribution in [0, 0.1) is 20.8 Å². The Bertz CT molecular complexity index is 711. The molecular formula is C19H21NOSe. The fourth-order valence-electron chi connectivity index (χ4n) is 2.72. The van der Waals surface area contributed by atoms with E-state index in [4.69, 9.17) is 0 Å². The third-order valence-corrected chi connectivity index (χ3v) is 4.29. The quantitative estimate of drug-likeness (QED) is 0.829. The van der Waals surface area contributed by atoms with Gasteiger partial charge in [0, 0.05) is 0 Å². The number of anilines is 1. The molecule has 0 saturated heterocycles. The zero-order chi connectivity index (χ0) is 16.3. The van der Waals surface area contributed by atoms with E-state index in [1.807, 2.05) is 24.3 Å². The molecule has 0 atom stereocenters. The number of aryl methyl sites for hydroxylation is 3. The molecule has 0 heterocycles. The molecule has 1 N–H and O–H groups in total. The maximum absolute atomic E-state index is 11.5. The average Bonchev–Trinajstić information content (AvgIpc) is 2.42. The summed E-state index contributed by atoms with van der Waals surface area (Å²) in [6, 6.07) is 12.3. The molecule has 0 aliphatic carbocycles. The Balaban J connectivity index is 2.33. The standard InChI is InChI=1S/C19H21NOSe/c1-12-9-13(2)18(14(3)10-12)20-19(22)17-8-6-5-7-16(17)11-15(4)21/h5-10H,11H2,1-4H3,(H,20,22). The summed E-state index contributed by atoms with van der Waals surface area (Å²) in [4.78, 5) is 11.5. The van der Waals surface area contributed by atoms with Crippen molar-refractivity contribution in [2.24, 2.45) is 0 Å². The summed E-state index contributed by atoms with van der Waals surface area (Å²) in [5.74, 6) is 0.169. The first-order valence-corrected chi connectivity index (χ1v) is 8.20. The first kappa shape index (κ1) is 16.7. The van der Waals surface area contributed by atoms with Crippen molar-refractivity contribution in [3.63, 3.8) is 0 Å². The zero-order valence-electron chi connectivity index (χ0n) is 13.5. The Kier molecular flexibility index (Phi) is 5.33. The molecule has 0 radical (unpaired) electrons. The van der Waals surface area contributed by atoms with Crippen molar-refractivity contribution in [2.45, 2.75) is 34.1 Å². The van der Waals surface area contributed by atoms with Crippen molar-refractivity contribution in [3.05, 3.63) is 64.2 Å². The van der Waals surface area contributed by atoms with Crippen LogP contribution in [0.5, 0.6) is 0 Å². The Labute approximate surface area is 140 Å². The van der Waals surface area contributed by atoms with Crippen LogP contribution >= 0.6 is 0 Å². The van der Waals surface area contributed by atoms with E-state index in [2.05, 4.69) is 53.8 Å². The molecule has 2 aromatic carbocycles. The van der Waals surface area contributed by atoms with Crippen LogP contribution in [0.4, 0.5) is 5.69 Å². The Morgan fingerprint density at radius 2 is 1.68 bits per heavy atom. The fourth-order valence-corrected chi connectivity index (χ4v) is 3.35. The monoisotopic (exact) mass is 359 g/mol. The van der Waals surface area contributed by atoms with E-state index in [1.54, 1.807) is 6.92 Å². The van der Waals surface area contributed by atoms with E-state index >= 15 is 0 Å². The summed E-state index contributed by atoms with van der Waals surface area (Å²) >= 11 is 3.12. The first-order valence-electron chi connectivity index (χ1n) is 7.35. The topological polar surface area (TPSA) is 29.1 Å². The van der Waals surface area contributed by atoms with E-state index in [9.17, 15) is 4.79 Å². The molecule has 0 saturated carbocycles. The number of nitrogens with one attached hydrogen (secondary N) is 1. The number of ketones is 1. The Morgan fingerprint density at radius 3 is 2.27 bits per heavy atom. The van der Waals surface area contributed by atoms with Crippen molar-refractivity contribution in [1.29, 1.82) is 0 Å². The molecule has 0 aliphatic heterocycles. The summed E-state index contributed by atoms with van der Waals surface area (Å²) < 4.78 is 0.951. The van der Waals surface area contributed by atoms with E-state index in [-0.39, 0.29) is 5.78 Å². The van der Waals surface area contributed by atoms with Crippen LogP contribution in [0.25, 0.3) is 0 Å². The molecule has 22 heavy (non-hydrogen) atoms. The van der Waals surface area contributed by atoms with E-state index in [1.165, 1.54) is 16.7 Å². The molecule has 2 nitrogen and oxygen atoms in total. The fraction of sp³-hybridized carbons (Fsp3) is 0.263. The summed E-state index contributed by atoms with van der Waals surface area (Å²) in [7, 11) is 0. The second-order valence-electron chi connectivity index (χ2n) is 5.76. The molecule has 0 bridgehead atoms. The Hall–Kier alpha value is -1.70. The number of carbonyl (C=O) groups is 1. The van der Waals surface area contributed by atoms with Gasteiger partial charge in [-0.2, -0.15) is 0 Å². The van der Waals surface area contributed by atoms with Crippen LogP contribution in [0.15, 0.2) is 36.4 Å². The molecule has 114 valence electrons. The minimum absolute atomic E-state index is 0.169. The van der Waals surface area contributed by atoms with Crippen molar-refractivity contribution in [2.75, 3.05) is 5.32 Å². The molecule has 3 heteroatoms. The Morgan fingerprint density at radius 1 is 1.09 bits per heavy atom. The molecule has 2 aromatic rings. The molecule has 0 amide bonds. The van der Waals surface area contributed by atoms with Gasteiger partial charge in [0.2, 0.25) is 0 Å². The zero-order valence-corrected chi connectivity index (χ0v) is 15.2. The number of benzene rings is 2. The number of hydrogen-bond donors (Lipinski definition) is 1. The molecule has 0 fully saturated rings. The summed E-state index contributed by atoms with van der Waals surface area (Å²) in [6.45, 7) is 7.94. The van der Waals surface area contributed by atoms with Gasteiger partial charge in [-0.3, -0.25) is 0 Å². The van der Waals surface area contributed by atoms with Crippen LogP contribution < -0.4 is 5.32 Å². The van der Waals surface area contributed by atoms with Gasteiger partial charge in [0.05, 0.1) is 0 Å². The van der Waals surface area contributed by atoms with E-state index in [0.717, 1.165) is 21.4 Å². The van der Waals surface area contributed by atoms with Gasteiger partial charge < -0.3 is 0 Å². The summed E-state index contributed by atoms with van der Waals surface area (Å²) in [6.07, 6.45) is 0.453. The van der Waals surface area contributed by atoms with Gasteiger partial charge in [-0.25, -0.2) is 0 Å². The van der Waals surface area contributed by atoms with Gasteiger partial charge in [-0.15, -0.1) is 0 Å². The number of rotatable bonds is 5. The predicted octanol–water partition coefficient (Wildman–Crippen LogP) is 3.50. The van der Waals surface area contributed by atoms with Crippen LogP contribution in [-0.4, -0.2) is 25.9 Å². The van der Waals surface area contributed by atoms with Gasteiger partial charge >= 0.3 is 140 Å². The molecule has 0 spiro atoms. The van der Waals surface area contributed by atoms with Gasteiger partial charge in [-0.05, 0) is 0 Å². The van der Waals surface area contributed by atoms with E-state index < -0.39 is 0 Å². The van der Waals surface area contributed by atoms with Crippen molar-refractivity contribution >= 4 is 31.6 Å². The van der Waals surface area contributed by atoms with Crippen LogP contribution in [0.1, 0.15) is 34.7 Å². The predicted molar refractivity (Wildman–Crippen MR) is 95.0 cm³/mol. The summed E-state index contributed by atoms with van der Waals surface area (Å²) in [5.41, 5.74) is 6.91. The normalized spacial score (nSPS) is 10.4. The number of hydrogen-bond acceptors (Lipinski definition) is 2. The third-order valence-electron chi connectivity index (χ3n) is 3.62. The second kappa shape index (κ2) is 7.04. The number of Topliss-reactive ketones (excluding diaryl/α,β-unsaturated/α-hetero) is 1. The molecule has 0 aliphatic rings. The van der Waals surface area contributed by atoms with Crippen molar-refractivity contribution < 1.29 is 4.79 Å². The van der Waals surface area contributed by atoms with Gasteiger partial charge in [-0.1, -0.05) is 0 Å². The second-order valence-corrected chi connectivity index (χ2v) is 6.62. The maximum atomic E-state index is 11.5. The average molecular weight is 358 g/mol.